The minimum atomic E-state index is -3.61. The molecule has 2 aliphatic rings. The summed E-state index contributed by atoms with van der Waals surface area (Å²) in [5.74, 6) is -0.298. The quantitative estimate of drug-likeness (QED) is 0.778. The third-order valence-corrected chi connectivity index (χ3v) is 6.67. The fourth-order valence-electron chi connectivity index (χ4n) is 2.37. The molecule has 1 N–H and O–H groups in total. The van der Waals surface area contributed by atoms with Crippen LogP contribution in [0, 0.1) is 0 Å². The van der Waals surface area contributed by atoms with Crippen LogP contribution in [0.3, 0.4) is 0 Å². The number of anilines is 1. The number of hydrogen-bond donors (Lipinski definition) is 1. The molecule has 0 unspecified atom stereocenters. The summed E-state index contributed by atoms with van der Waals surface area (Å²) in [5, 5.41) is 10.0. The first-order valence-electron chi connectivity index (χ1n) is 6.82. The Morgan fingerprint density at radius 2 is 1.90 bits per heavy atom. The highest BCUT2D eigenvalue weighted by Crippen LogP contribution is 2.29. The molecule has 1 aliphatic heterocycles. The number of nitrogens with zero attached hydrogens (tertiary/aromatic N) is 4. The number of rotatable bonds is 4. The van der Waals surface area contributed by atoms with E-state index in [0.29, 0.717) is 19.1 Å². The highest BCUT2D eigenvalue weighted by Gasteiger charge is 2.36. The van der Waals surface area contributed by atoms with Gasteiger partial charge >= 0.3 is 0 Å². The van der Waals surface area contributed by atoms with Gasteiger partial charge in [0.15, 0.2) is 0 Å². The maximum absolute atomic E-state index is 12.5. The maximum atomic E-state index is 12.5. The molecule has 1 aromatic rings. The largest absolute Gasteiger partial charge is 0.301 e. The molecule has 10 heteroatoms. The van der Waals surface area contributed by atoms with E-state index in [9.17, 15) is 13.2 Å². The van der Waals surface area contributed by atoms with Crippen molar-refractivity contribution in [3.63, 3.8) is 0 Å². The van der Waals surface area contributed by atoms with E-state index >= 15 is 0 Å². The van der Waals surface area contributed by atoms with Crippen molar-refractivity contribution in [1.82, 2.24) is 19.4 Å². The predicted octanol–water partition coefficient (Wildman–Crippen LogP) is -0.0348. The van der Waals surface area contributed by atoms with Crippen LogP contribution in [0.1, 0.15) is 19.8 Å². The second-order valence-corrected chi connectivity index (χ2v) is 8.31. The number of sulfonamides is 1. The number of carbonyl (C=O) groups excluding carboxylic acids is 1. The van der Waals surface area contributed by atoms with Crippen molar-refractivity contribution >= 4 is 32.4 Å². The van der Waals surface area contributed by atoms with Crippen LogP contribution in [0.15, 0.2) is 4.34 Å². The molecule has 0 atom stereocenters. The summed E-state index contributed by atoms with van der Waals surface area (Å²) in [6.45, 7) is 3.83. The fourth-order valence-corrected chi connectivity index (χ4v) is 4.88. The SMILES string of the molecule is CC(=O)Nc1nnc(S(=O)(=O)N2CCN(C3CC3)CC2)s1. The monoisotopic (exact) mass is 331 g/mol. The third kappa shape index (κ3) is 3.23. The first-order valence-corrected chi connectivity index (χ1v) is 9.08. The highest BCUT2D eigenvalue weighted by molar-refractivity contribution is 7.91. The molecule has 8 nitrogen and oxygen atoms in total. The molecule has 1 aliphatic carbocycles. The summed E-state index contributed by atoms with van der Waals surface area (Å²) in [4.78, 5) is 13.3. The van der Waals surface area contributed by atoms with Gasteiger partial charge in [0.1, 0.15) is 0 Å². The van der Waals surface area contributed by atoms with Crippen molar-refractivity contribution in [3.05, 3.63) is 0 Å². The molecule has 1 saturated heterocycles. The Morgan fingerprint density at radius 3 is 2.48 bits per heavy atom. The molecule has 0 aromatic carbocycles. The van der Waals surface area contributed by atoms with Crippen LogP contribution in [-0.2, 0) is 14.8 Å². The second-order valence-electron chi connectivity index (χ2n) is 5.23. The summed E-state index contributed by atoms with van der Waals surface area (Å²) in [6.07, 6.45) is 2.45. The lowest BCUT2D eigenvalue weighted by atomic mass is 10.3. The maximum Gasteiger partial charge on any atom is 0.272 e. The van der Waals surface area contributed by atoms with Crippen molar-refractivity contribution < 1.29 is 13.2 Å². The van der Waals surface area contributed by atoms with Crippen molar-refractivity contribution in [2.45, 2.75) is 30.1 Å². The molecule has 2 fully saturated rings. The zero-order valence-electron chi connectivity index (χ0n) is 11.7. The molecule has 1 amide bonds. The molecule has 21 heavy (non-hydrogen) atoms. The van der Waals surface area contributed by atoms with Gasteiger partial charge in [0, 0.05) is 39.1 Å². The van der Waals surface area contributed by atoms with E-state index in [1.165, 1.54) is 24.1 Å². The molecular weight excluding hydrogens is 314 g/mol. The molecule has 2 heterocycles. The summed E-state index contributed by atoms with van der Waals surface area (Å²) >= 11 is 0.884. The molecule has 3 rings (SSSR count). The van der Waals surface area contributed by atoms with E-state index in [4.69, 9.17) is 0 Å². The average Bonchev–Trinajstić information content (AvgIpc) is 3.18. The summed E-state index contributed by atoms with van der Waals surface area (Å²) in [5.41, 5.74) is 0. The minimum absolute atomic E-state index is 0.0638. The zero-order chi connectivity index (χ0) is 15.0. The van der Waals surface area contributed by atoms with E-state index in [2.05, 4.69) is 20.4 Å². The van der Waals surface area contributed by atoms with Gasteiger partial charge in [-0.1, -0.05) is 11.3 Å². The lowest BCUT2D eigenvalue weighted by Crippen LogP contribution is -2.49. The normalized spacial score (nSPS) is 21.4. The number of aromatic nitrogens is 2. The van der Waals surface area contributed by atoms with Crippen molar-refractivity contribution in [3.8, 4) is 0 Å². The second kappa shape index (κ2) is 5.59. The van der Waals surface area contributed by atoms with Crippen LogP contribution >= 0.6 is 11.3 Å². The topological polar surface area (TPSA) is 95.5 Å². The van der Waals surface area contributed by atoms with Crippen LogP contribution in [0.4, 0.5) is 5.13 Å². The first kappa shape index (κ1) is 14.8. The fraction of sp³-hybridized carbons (Fsp3) is 0.727. The van der Waals surface area contributed by atoms with Gasteiger partial charge in [-0.15, -0.1) is 10.2 Å². The Kier molecular flexibility index (Phi) is 3.95. The highest BCUT2D eigenvalue weighted by atomic mass is 32.2. The molecule has 1 aromatic heterocycles. The smallest absolute Gasteiger partial charge is 0.272 e. The van der Waals surface area contributed by atoms with Gasteiger partial charge in [0.25, 0.3) is 10.0 Å². The van der Waals surface area contributed by atoms with Gasteiger partial charge in [-0.2, -0.15) is 4.31 Å². The Balaban J connectivity index is 1.68. The van der Waals surface area contributed by atoms with E-state index in [1.807, 2.05) is 0 Å². The molecule has 0 radical (unpaired) electrons. The Hall–Kier alpha value is -1.10. The summed E-state index contributed by atoms with van der Waals surface area (Å²) in [7, 11) is -3.61. The van der Waals surface area contributed by atoms with Gasteiger partial charge in [-0.25, -0.2) is 8.42 Å². The van der Waals surface area contributed by atoms with E-state index in [-0.39, 0.29) is 15.4 Å². The molecule has 116 valence electrons. The first-order chi connectivity index (χ1) is 9.96. The van der Waals surface area contributed by atoms with Crippen molar-refractivity contribution in [2.24, 2.45) is 0 Å². The number of carbonyl (C=O) groups is 1. The summed E-state index contributed by atoms with van der Waals surface area (Å²) in [6, 6.07) is 0.655. The third-order valence-electron chi connectivity index (χ3n) is 3.59. The van der Waals surface area contributed by atoms with Crippen LogP contribution in [0.25, 0.3) is 0 Å². The number of hydrogen-bond acceptors (Lipinski definition) is 7. The molecule has 0 bridgehead atoms. The van der Waals surface area contributed by atoms with E-state index < -0.39 is 10.0 Å². The minimum Gasteiger partial charge on any atom is -0.301 e. The Morgan fingerprint density at radius 1 is 1.24 bits per heavy atom. The number of amides is 1. The molecule has 0 spiro atoms. The lowest BCUT2D eigenvalue weighted by Gasteiger charge is -2.33. The zero-order valence-corrected chi connectivity index (χ0v) is 13.3. The van der Waals surface area contributed by atoms with E-state index in [0.717, 1.165) is 24.4 Å². The Bertz CT molecular complexity index is 632. The number of piperazine rings is 1. The van der Waals surface area contributed by atoms with E-state index in [1.54, 1.807) is 0 Å². The van der Waals surface area contributed by atoms with Gasteiger partial charge in [0.2, 0.25) is 15.4 Å². The Labute approximate surface area is 127 Å². The van der Waals surface area contributed by atoms with Gasteiger partial charge < -0.3 is 5.32 Å². The van der Waals surface area contributed by atoms with Crippen LogP contribution in [0.2, 0.25) is 0 Å². The van der Waals surface area contributed by atoms with Gasteiger partial charge in [-0.3, -0.25) is 9.69 Å². The van der Waals surface area contributed by atoms with Gasteiger partial charge in [-0.05, 0) is 12.8 Å². The average molecular weight is 331 g/mol. The summed E-state index contributed by atoms with van der Waals surface area (Å²) < 4.78 is 26.3. The van der Waals surface area contributed by atoms with Crippen LogP contribution in [-0.4, -0.2) is 65.9 Å². The van der Waals surface area contributed by atoms with Crippen LogP contribution in [0.5, 0.6) is 0 Å². The van der Waals surface area contributed by atoms with Crippen molar-refractivity contribution in [1.29, 1.82) is 0 Å². The predicted molar refractivity (Wildman–Crippen MR) is 77.6 cm³/mol. The van der Waals surface area contributed by atoms with Crippen molar-refractivity contribution in [2.75, 3.05) is 31.5 Å². The standard InChI is InChI=1S/C11H17N5O3S2/c1-8(17)12-10-13-14-11(20-10)21(18,19)16-6-4-15(5-7-16)9-2-3-9/h9H,2-7H2,1H3,(H,12,13,17). The lowest BCUT2D eigenvalue weighted by molar-refractivity contribution is -0.114. The molecule has 1 saturated carbocycles. The van der Waals surface area contributed by atoms with Crippen LogP contribution < -0.4 is 5.32 Å². The van der Waals surface area contributed by atoms with Gasteiger partial charge in [0.05, 0.1) is 0 Å². The number of nitrogens with one attached hydrogen (secondary N) is 1. The molecular formula is C11H17N5O3S2.